The second kappa shape index (κ2) is 8.06. The highest BCUT2D eigenvalue weighted by Gasteiger charge is 2.37. The maximum atomic E-state index is 12.9. The second-order valence-electron chi connectivity index (χ2n) is 8.28. The Kier molecular flexibility index (Phi) is 5.13. The van der Waals surface area contributed by atoms with Crippen LogP contribution in [0.4, 0.5) is 13.2 Å². The molecule has 10 nitrogen and oxygen atoms in total. The Bertz CT molecular complexity index is 1570. The molecule has 0 saturated heterocycles. The molecule has 0 bridgehead atoms. The standard InChI is InChI=1S/C22H16F3N9O/c1-11(13-2-5-17(28-9-13)22(23,24)25)34-20-18(15(7-27)32-34)21(35)31-19(30-20)14-3-4-16(14)33-10-12(6-26)8-29-33/h2,5,8-11,14,16H,3-4H2,1H3,(H,30,31,35)/t11?,14-,16-/m0/s1. The molecule has 0 spiro atoms. The zero-order valence-corrected chi connectivity index (χ0v) is 18.2. The highest BCUT2D eigenvalue weighted by molar-refractivity contribution is 5.80. The summed E-state index contributed by atoms with van der Waals surface area (Å²) in [5, 5.41) is 27.0. The fourth-order valence-electron chi connectivity index (χ4n) is 4.24. The number of alkyl halides is 3. The molecule has 35 heavy (non-hydrogen) atoms. The van der Waals surface area contributed by atoms with Crippen molar-refractivity contribution in [2.24, 2.45) is 0 Å². The quantitative estimate of drug-likeness (QED) is 0.474. The van der Waals surface area contributed by atoms with Crippen LogP contribution in [0.3, 0.4) is 0 Å². The van der Waals surface area contributed by atoms with E-state index in [1.165, 1.54) is 16.9 Å². The largest absolute Gasteiger partial charge is 0.433 e. The summed E-state index contributed by atoms with van der Waals surface area (Å²) >= 11 is 0. The average Bonchev–Trinajstić information content (AvgIpc) is 3.42. The smallest absolute Gasteiger partial charge is 0.309 e. The predicted molar refractivity (Wildman–Crippen MR) is 114 cm³/mol. The topological polar surface area (TPSA) is 142 Å². The van der Waals surface area contributed by atoms with Crippen LogP contribution in [-0.4, -0.2) is 34.5 Å². The lowest BCUT2D eigenvalue weighted by atomic mass is 9.79. The van der Waals surface area contributed by atoms with Gasteiger partial charge in [0.2, 0.25) is 0 Å². The van der Waals surface area contributed by atoms with E-state index >= 15 is 0 Å². The minimum atomic E-state index is -4.57. The van der Waals surface area contributed by atoms with E-state index in [1.807, 2.05) is 12.1 Å². The fourth-order valence-corrected chi connectivity index (χ4v) is 4.24. The summed E-state index contributed by atoms with van der Waals surface area (Å²) in [5.74, 6) is 0.201. The van der Waals surface area contributed by atoms with Gasteiger partial charge in [0.05, 0.1) is 23.8 Å². The molecular weight excluding hydrogens is 463 g/mol. The number of aromatic nitrogens is 7. The summed E-state index contributed by atoms with van der Waals surface area (Å²) in [4.78, 5) is 23.8. The third-order valence-corrected chi connectivity index (χ3v) is 6.27. The molecule has 4 heterocycles. The molecule has 1 N–H and O–H groups in total. The maximum absolute atomic E-state index is 12.9. The summed E-state index contributed by atoms with van der Waals surface area (Å²) in [5.41, 5.74) is -0.725. The van der Waals surface area contributed by atoms with E-state index in [2.05, 4.69) is 25.1 Å². The van der Waals surface area contributed by atoms with Crippen molar-refractivity contribution in [1.29, 1.82) is 10.5 Å². The van der Waals surface area contributed by atoms with E-state index in [1.54, 1.807) is 17.8 Å². The number of pyridine rings is 1. The van der Waals surface area contributed by atoms with Gasteiger partial charge in [-0.15, -0.1) is 0 Å². The van der Waals surface area contributed by atoms with Gasteiger partial charge in [-0.2, -0.15) is 33.9 Å². The minimum Gasteiger partial charge on any atom is -0.309 e. The number of nitrogens with one attached hydrogen (secondary N) is 1. The van der Waals surface area contributed by atoms with Crippen molar-refractivity contribution in [1.82, 2.24) is 34.5 Å². The van der Waals surface area contributed by atoms with Gasteiger partial charge in [0.1, 0.15) is 29.0 Å². The molecule has 1 aliphatic rings. The van der Waals surface area contributed by atoms with E-state index in [0.717, 1.165) is 25.1 Å². The average molecular weight is 479 g/mol. The van der Waals surface area contributed by atoms with Gasteiger partial charge in [-0.05, 0) is 31.4 Å². The lowest BCUT2D eigenvalue weighted by Gasteiger charge is -2.35. The Morgan fingerprint density at radius 3 is 2.57 bits per heavy atom. The van der Waals surface area contributed by atoms with Crippen LogP contribution in [0, 0.1) is 22.7 Å². The number of nitriles is 2. The third-order valence-electron chi connectivity index (χ3n) is 6.27. The number of halogens is 3. The van der Waals surface area contributed by atoms with E-state index in [-0.39, 0.29) is 28.7 Å². The fraction of sp³-hybridized carbons (Fsp3) is 0.318. The lowest BCUT2D eigenvalue weighted by molar-refractivity contribution is -0.141. The first kappa shape index (κ1) is 22.3. The summed E-state index contributed by atoms with van der Waals surface area (Å²) in [6.45, 7) is 1.67. The van der Waals surface area contributed by atoms with Crippen molar-refractivity contribution >= 4 is 11.0 Å². The van der Waals surface area contributed by atoms with Gasteiger partial charge < -0.3 is 4.98 Å². The molecule has 0 aliphatic heterocycles. The minimum absolute atomic E-state index is 0.00435. The van der Waals surface area contributed by atoms with E-state index in [9.17, 15) is 23.2 Å². The van der Waals surface area contributed by atoms with Crippen molar-refractivity contribution in [2.45, 2.75) is 43.9 Å². The number of fused-ring (bicyclic) bond motifs is 1. The Morgan fingerprint density at radius 1 is 1.20 bits per heavy atom. The zero-order chi connectivity index (χ0) is 24.9. The molecule has 1 saturated carbocycles. The number of aromatic amines is 1. The molecule has 0 radical (unpaired) electrons. The van der Waals surface area contributed by atoms with Crippen molar-refractivity contribution in [3.8, 4) is 12.1 Å². The van der Waals surface area contributed by atoms with Crippen LogP contribution in [0.5, 0.6) is 0 Å². The first-order valence-electron chi connectivity index (χ1n) is 10.6. The molecular formula is C22H16F3N9O. The summed E-state index contributed by atoms with van der Waals surface area (Å²) in [6, 6.07) is 5.30. The number of H-pyrrole nitrogens is 1. The Labute approximate surface area is 195 Å². The molecule has 13 heteroatoms. The highest BCUT2D eigenvalue weighted by atomic mass is 19.4. The van der Waals surface area contributed by atoms with Crippen LogP contribution in [0.1, 0.15) is 66.1 Å². The molecule has 1 aliphatic carbocycles. The number of nitrogens with zero attached hydrogens (tertiary/aromatic N) is 8. The summed E-state index contributed by atoms with van der Waals surface area (Å²) < 4.78 is 41.7. The molecule has 3 atom stereocenters. The molecule has 0 aromatic carbocycles. The number of hydrogen-bond donors (Lipinski definition) is 1. The maximum Gasteiger partial charge on any atom is 0.433 e. The van der Waals surface area contributed by atoms with Crippen molar-refractivity contribution in [3.63, 3.8) is 0 Å². The molecule has 4 aromatic heterocycles. The van der Waals surface area contributed by atoms with Gasteiger partial charge in [0.25, 0.3) is 5.56 Å². The molecule has 0 amide bonds. The summed E-state index contributed by atoms with van der Waals surface area (Å²) in [6.07, 6.45) is 1.11. The number of rotatable bonds is 4. The van der Waals surface area contributed by atoms with Gasteiger partial charge in [0, 0.05) is 18.3 Å². The first-order chi connectivity index (χ1) is 16.7. The lowest BCUT2D eigenvalue weighted by Crippen LogP contribution is -2.30. The number of hydrogen-bond acceptors (Lipinski definition) is 7. The van der Waals surface area contributed by atoms with Crippen LogP contribution in [0.25, 0.3) is 11.0 Å². The Morgan fingerprint density at radius 2 is 2.00 bits per heavy atom. The first-order valence-corrected chi connectivity index (χ1v) is 10.6. The molecule has 4 aromatic rings. The van der Waals surface area contributed by atoms with Gasteiger partial charge in [-0.3, -0.25) is 14.5 Å². The second-order valence-corrected chi connectivity index (χ2v) is 8.28. The van der Waals surface area contributed by atoms with Crippen LogP contribution < -0.4 is 5.56 Å². The van der Waals surface area contributed by atoms with Crippen LogP contribution in [0.2, 0.25) is 0 Å². The SMILES string of the molecule is CC(c1ccc(C(F)(F)F)nc1)n1nc(C#N)c2c(=O)[nH]c([C@H]3CC[C@@H]3n3cc(C#N)cn3)nc21. The Balaban J connectivity index is 1.56. The van der Waals surface area contributed by atoms with Crippen molar-refractivity contribution < 1.29 is 13.2 Å². The highest BCUT2D eigenvalue weighted by Crippen LogP contribution is 2.44. The van der Waals surface area contributed by atoms with E-state index in [4.69, 9.17) is 5.26 Å². The van der Waals surface area contributed by atoms with Crippen LogP contribution in [-0.2, 0) is 6.18 Å². The molecule has 1 fully saturated rings. The van der Waals surface area contributed by atoms with Gasteiger partial charge in [0.15, 0.2) is 11.3 Å². The molecule has 176 valence electrons. The van der Waals surface area contributed by atoms with Gasteiger partial charge >= 0.3 is 6.18 Å². The molecule has 1 unspecified atom stereocenters. The zero-order valence-electron chi connectivity index (χ0n) is 18.2. The van der Waals surface area contributed by atoms with E-state index < -0.39 is 23.5 Å². The van der Waals surface area contributed by atoms with Crippen LogP contribution in [0.15, 0.2) is 35.5 Å². The van der Waals surface area contributed by atoms with Gasteiger partial charge in [-0.1, -0.05) is 6.07 Å². The van der Waals surface area contributed by atoms with Crippen molar-refractivity contribution in [3.05, 3.63) is 69.4 Å². The van der Waals surface area contributed by atoms with Crippen LogP contribution >= 0.6 is 0 Å². The monoisotopic (exact) mass is 479 g/mol. The predicted octanol–water partition coefficient (Wildman–Crippen LogP) is 3.20. The normalized spacial score (nSPS) is 18.6. The van der Waals surface area contributed by atoms with Crippen molar-refractivity contribution in [2.75, 3.05) is 0 Å². The Hall–Kier alpha value is -4.52. The van der Waals surface area contributed by atoms with E-state index in [0.29, 0.717) is 17.0 Å². The summed E-state index contributed by atoms with van der Waals surface area (Å²) in [7, 11) is 0. The third kappa shape index (κ3) is 3.71. The van der Waals surface area contributed by atoms with Gasteiger partial charge in [-0.25, -0.2) is 9.67 Å². The molecule has 5 rings (SSSR count).